The van der Waals surface area contributed by atoms with Crippen molar-refractivity contribution in [1.29, 1.82) is 0 Å². The van der Waals surface area contributed by atoms with Gasteiger partial charge in [-0.25, -0.2) is 4.79 Å². The minimum Gasteiger partial charge on any atom is -0.454 e. The van der Waals surface area contributed by atoms with E-state index in [0.717, 1.165) is 24.0 Å². The monoisotopic (exact) mass is 248 g/mol. The highest BCUT2D eigenvalue weighted by atomic mass is 16.5. The molecule has 1 N–H and O–H groups in total. The Labute approximate surface area is 108 Å². The lowest BCUT2D eigenvalue weighted by molar-refractivity contribution is -0.137. The van der Waals surface area contributed by atoms with Crippen molar-refractivity contribution in [2.75, 3.05) is 0 Å². The number of carbonyl (C=O) groups excluding carboxylic acids is 1. The lowest BCUT2D eigenvalue weighted by atomic mass is 9.86. The summed E-state index contributed by atoms with van der Waals surface area (Å²) < 4.78 is 5.33. The molecule has 3 nitrogen and oxygen atoms in total. The third-order valence-corrected chi connectivity index (χ3v) is 3.86. The van der Waals surface area contributed by atoms with E-state index < -0.39 is 6.10 Å². The van der Waals surface area contributed by atoms with Crippen LogP contribution in [0.2, 0.25) is 0 Å². The van der Waals surface area contributed by atoms with Gasteiger partial charge in [-0.2, -0.15) is 0 Å². The molecule has 1 saturated heterocycles. The van der Waals surface area contributed by atoms with Gasteiger partial charge in [0.25, 0.3) is 0 Å². The van der Waals surface area contributed by atoms with Crippen molar-refractivity contribution >= 4 is 5.97 Å². The molecule has 1 heterocycles. The molecule has 0 spiro atoms. The third kappa shape index (κ3) is 2.56. The predicted molar refractivity (Wildman–Crippen MR) is 69.9 cm³/mol. The van der Waals surface area contributed by atoms with Crippen molar-refractivity contribution < 1.29 is 14.6 Å². The van der Waals surface area contributed by atoms with Crippen molar-refractivity contribution in [3.05, 3.63) is 36.0 Å². The molecule has 98 valence electrons. The standard InChI is InChI=1S/C15H20O3/c1-9-4-7-13(16)10(2)5-6-12-11(3)15(17)18-14(12)8-9/h8,12-14,16H,2-7H2,1H3/b9-8+/t12-,13+,14+/m0/s1. The Hall–Kier alpha value is -1.35. The Morgan fingerprint density at radius 3 is 2.78 bits per heavy atom. The van der Waals surface area contributed by atoms with Crippen LogP contribution >= 0.6 is 0 Å². The fraction of sp³-hybridized carbons (Fsp3) is 0.533. The van der Waals surface area contributed by atoms with E-state index >= 15 is 0 Å². The normalized spacial score (nSPS) is 36.7. The van der Waals surface area contributed by atoms with Crippen LogP contribution < -0.4 is 0 Å². The first-order chi connectivity index (χ1) is 8.49. The molecule has 1 aliphatic heterocycles. The Kier molecular flexibility index (Phi) is 3.71. The van der Waals surface area contributed by atoms with Crippen LogP contribution in [-0.4, -0.2) is 23.3 Å². The minimum atomic E-state index is -0.448. The molecular formula is C15H20O3. The zero-order valence-electron chi connectivity index (χ0n) is 10.8. The van der Waals surface area contributed by atoms with Crippen LogP contribution in [0.25, 0.3) is 0 Å². The zero-order chi connectivity index (χ0) is 13.3. The highest BCUT2D eigenvalue weighted by molar-refractivity contribution is 5.91. The summed E-state index contributed by atoms with van der Waals surface area (Å²) in [4.78, 5) is 11.6. The summed E-state index contributed by atoms with van der Waals surface area (Å²) in [5, 5.41) is 9.93. The number of hydrogen-bond acceptors (Lipinski definition) is 3. The fourth-order valence-corrected chi connectivity index (χ4v) is 2.56. The van der Waals surface area contributed by atoms with Crippen LogP contribution in [-0.2, 0) is 9.53 Å². The van der Waals surface area contributed by atoms with Crippen molar-refractivity contribution in [3.63, 3.8) is 0 Å². The summed E-state index contributed by atoms with van der Waals surface area (Å²) in [6, 6.07) is 0. The molecule has 3 atom stereocenters. The maximum absolute atomic E-state index is 11.6. The molecule has 0 aromatic heterocycles. The van der Waals surface area contributed by atoms with Crippen LogP contribution in [0.1, 0.15) is 32.6 Å². The van der Waals surface area contributed by atoms with Crippen molar-refractivity contribution in [2.45, 2.75) is 44.8 Å². The largest absolute Gasteiger partial charge is 0.454 e. The van der Waals surface area contributed by atoms with Crippen LogP contribution in [0.3, 0.4) is 0 Å². The maximum Gasteiger partial charge on any atom is 0.334 e. The van der Waals surface area contributed by atoms with E-state index in [4.69, 9.17) is 4.74 Å². The Bertz CT molecular complexity index is 419. The Morgan fingerprint density at radius 2 is 2.06 bits per heavy atom. The minimum absolute atomic E-state index is 0.0227. The molecule has 0 unspecified atom stereocenters. The Morgan fingerprint density at radius 1 is 1.33 bits per heavy atom. The van der Waals surface area contributed by atoms with Gasteiger partial charge < -0.3 is 9.84 Å². The third-order valence-electron chi connectivity index (χ3n) is 3.86. The summed E-state index contributed by atoms with van der Waals surface area (Å²) in [7, 11) is 0. The number of hydrogen-bond donors (Lipinski definition) is 1. The highest BCUT2D eigenvalue weighted by Crippen LogP contribution is 2.34. The molecule has 0 bridgehead atoms. The van der Waals surface area contributed by atoms with E-state index in [2.05, 4.69) is 13.2 Å². The van der Waals surface area contributed by atoms with Gasteiger partial charge in [-0.05, 0) is 44.3 Å². The molecule has 3 heteroatoms. The molecule has 0 radical (unpaired) electrons. The molecule has 0 aromatic rings. The van der Waals surface area contributed by atoms with E-state index in [9.17, 15) is 9.90 Å². The van der Waals surface area contributed by atoms with Gasteiger partial charge in [0.05, 0.1) is 6.10 Å². The van der Waals surface area contributed by atoms with Crippen LogP contribution in [0.5, 0.6) is 0 Å². The molecule has 0 aromatic carbocycles. The van der Waals surface area contributed by atoms with Crippen molar-refractivity contribution in [3.8, 4) is 0 Å². The zero-order valence-corrected chi connectivity index (χ0v) is 10.8. The summed E-state index contributed by atoms with van der Waals surface area (Å²) in [5.41, 5.74) is 2.53. The molecular weight excluding hydrogens is 228 g/mol. The number of allylic oxidation sites excluding steroid dienone is 1. The topological polar surface area (TPSA) is 46.5 Å². The van der Waals surface area contributed by atoms with E-state index in [1.165, 1.54) is 0 Å². The second kappa shape index (κ2) is 5.11. The Balaban J connectivity index is 2.23. The smallest absolute Gasteiger partial charge is 0.334 e. The number of fused-ring (bicyclic) bond motifs is 1. The van der Waals surface area contributed by atoms with Crippen LogP contribution in [0.4, 0.5) is 0 Å². The van der Waals surface area contributed by atoms with Gasteiger partial charge in [0.15, 0.2) is 0 Å². The van der Waals surface area contributed by atoms with Crippen molar-refractivity contribution in [2.24, 2.45) is 5.92 Å². The quantitative estimate of drug-likeness (QED) is 0.407. The van der Waals surface area contributed by atoms with E-state index in [0.29, 0.717) is 18.4 Å². The van der Waals surface area contributed by atoms with Crippen molar-refractivity contribution in [1.82, 2.24) is 0 Å². The second-order valence-electron chi connectivity index (χ2n) is 5.27. The number of carbonyl (C=O) groups is 1. The summed E-state index contributed by atoms with van der Waals surface area (Å²) in [5.74, 6) is -0.269. The van der Waals surface area contributed by atoms with Gasteiger partial charge in [-0.3, -0.25) is 0 Å². The summed E-state index contributed by atoms with van der Waals surface area (Å²) in [6.45, 7) is 9.75. The first-order valence-corrected chi connectivity index (χ1v) is 6.42. The lowest BCUT2D eigenvalue weighted by Crippen LogP contribution is -2.18. The van der Waals surface area contributed by atoms with Gasteiger partial charge in [0.2, 0.25) is 0 Å². The molecule has 2 aliphatic rings. The number of aliphatic hydroxyl groups excluding tert-OH is 1. The number of rotatable bonds is 0. The second-order valence-corrected chi connectivity index (χ2v) is 5.27. The first kappa shape index (κ1) is 13.1. The highest BCUT2D eigenvalue weighted by Gasteiger charge is 2.37. The first-order valence-electron chi connectivity index (χ1n) is 6.42. The van der Waals surface area contributed by atoms with Gasteiger partial charge in [-0.15, -0.1) is 0 Å². The van der Waals surface area contributed by atoms with Gasteiger partial charge >= 0.3 is 5.97 Å². The number of esters is 1. The fourth-order valence-electron chi connectivity index (χ4n) is 2.56. The average Bonchev–Trinajstić information content (AvgIpc) is 2.58. The number of aliphatic hydroxyl groups is 1. The lowest BCUT2D eigenvalue weighted by Gasteiger charge is -2.21. The van der Waals surface area contributed by atoms with E-state index in [-0.39, 0.29) is 18.0 Å². The number of ether oxygens (including phenoxy) is 1. The van der Waals surface area contributed by atoms with Gasteiger partial charge in [0.1, 0.15) is 6.10 Å². The molecule has 0 amide bonds. The molecule has 0 saturated carbocycles. The maximum atomic E-state index is 11.6. The van der Waals surface area contributed by atoms with Gasteiger partial charge in [-0.1, -0.05) is 18.7 Å². The molecule has 1 fully saturated rings. The average molecular weight is 248 g/mol. The van der Waals surface area contributed by atoms with E-state index in [1.807, 2.05) is 13.0 Å². The van der Waals surface area contributed by atoms with Crippen LogP contribution in [0, 0.1) is 5.92 Å². The SMILES string of the molecule is C=C1CC[C@H]2C(=C)C(=O)O[C@@H]2/C=C(\C)CC[C@H]1O. The molecule has 2 rings (SSSR count). The molecule has 18 heavy (non-hydrogen) atoms. The van der Waals surface area contributed by atoms with Gasteiger partial charge in [0, 0.05) is 11.5 Å². The predicted octanol–water partition coefficient (Wildman–Crippen LogP) is 2.52. The van der Waals surface area contributed by atoms with E-state index in [1.54, 1.807) is 0 Å². The summed E-state index contributed by atoms with van der Waals surface area (Å²) >= 11 is 0. The van der Waals surface area contributed by atoms with Crippen LogP contribution in [0.15, 0.2) is 36.0 Å². The summed E-state index contributed by atoms with van der Waals surface area (Å²) in [6.07, 6.45) is 4.33. The molecule has 1 aliphatic carbocycles.